The van der Waals surface area contributed by atoms with Crippen molar-refractivity contribution in [3.05, 3.63) is 34.9 Å². The predicted molar refractivity (Wildman–Crippen MR) is 64.8 cm³/mol. The van der Waals surface area contributed by atoms with Crippen LogP contribution in [-0.2, 0) is 0 Å². The molecule has 0 saturated carbocycles. The Labute approximate surface area is 116 Å². The lowest BCUT2D eigenvalue weighted by Gasteiger charge is -2.10. The van der Waals surface area contributed by atoms with Crippen LogP contribution in [-0.4, -0.2) is 33.0 Å². The number of halogens is 3. The van der Waals surface area contributed by atoms with E-state index in [0.717, 1.165) is 11.0 Å². The molecule has 0 fully saturated rings. The fourth-order valence-electron chi connectivity index (χ4n) is 1.59. The van der Waals surface area contributed by atoms with Crippen LogP contribution < -0.4 is 4.74 Å². The van der Waals surface area contributed by atoms with Crippen LogP contribution in [0.5, 0.6) is 5.75 Å². The van der Waals surface area contributed by atoms with Gasteiger partial charge in [0.25, 0.3) is 6.43 Å². The number of hydrogen-bond acceptors (Lipinski definition) is 4. The molecule has 2 rings (SSSR count). The normalized spacial score (nSPS) is 10.8. The third-order valence-corrected chi connectivity index (χ3v) is 2.85. The molecule has 0 spiro atoms. The Kier molecular flexibility index (Phi) is 3.84. The molecule has 0 radical (unpaired) electrons. The van der Waals surface area contributed by atoms with Gasteiger partial charge in [0.2, 0.25) is 5.82 Å². The summed E-state index contributed by atoms with van der Waals surface area (Å²) in [6.45, 7) is 0. The van der Waals surface area contributed by atoms with Crippen LogP contribution in [0.15, 0.2) is 18.5 Å². The Balaban J connectivity index is 2.61. The highest BCUT2D eigenvalue weighted by molar-refractivity contribution is 6.35. The van der Waals surface area contributed by atoms with E-state index in [1.165, 1.54) is 19.2 Å². The van der Waals surface area contributed by atoms with Crippen molar-refractivity contribution in [2.24, 2.45) is 0 Å². The molecule has 1 aromatic heterocycles. The van der Waals surface area contributed by atoms with Crippen molar-refractivity contribution in [3.63, 3.8) is 0 Å². The Morgan fingerprint density at radius 3 is 2.70 bits per heavy atom. The zero-order valence-electron chi connectivity index (χ0n) is 10.0. The summed E-state index contributed by atoms with van der Waals surface area (Å²) in [6.07, 6.45) is -1.86. The summed E-state index contributed by atoms with van der Waals surface area (Å²) in [5.74, 6) is -1.88. The first-order valence-corrected chi connectivity index (χ1v) is 5.63. The van der Waals surface area contributed by atoms with Gasteiger partial charge in [-0.15, -0.1) is 5.10 Å². The number of carbonyl (C=O) groups is 1. The van der Waals surface area contributed by atoms with Gasteiger partial charge in [-0.3, -0.25) is 0 Å². The summed E-state index contributed by atoms with van der Waals surface area (Å²) in [4.78, 5) is 14.7. The molecule has 0 aliphatic heterocycles. The van der Waals surface area contributed by atoms with Gasteiger partial charge in [-0.1, -0.05) is 11.6 Å². The van der Waals surface area contributed by atoms with Gasteiger partial charge >= 0.3 is 5.97 Å². The molecule has 0 amide bonds. The maximum atomic E-state index is 12.5. The number of rotatable bonds is 4. The molecule has 2 aromatic rings. The summed E-state index contributed by atoms with van der Waals surface area (Å²) in [7, 11) is 1.33. The number of methoxy groups -OCH3 is 1. The molecule has 0 aliphatic rings. The first kappa shape index (κ1) is 14.2. The van der Waals surface area contributed by atoms with Gasteiger partial charge in [-0.2, -0.15) is 0 Å². The van der Waals surface area contributed by atoms with Crippen LogP contribution >= 0.6 is 11.6 Å². The van der Waals surface area contributed by atoms with E-state index in [0.29, 0.717) is 0 Å². The Bertz CT molecular complexity index is 660. The maximum absolute atomic E-state index is 12.5. The third-order valence-electron chi connectivity index (χ3n) is 2.47. The van der Waals surface area contributed by atoms with E-state index in [-0.39, 0.29) is 22.0 Å². The smallest absolute Gasteiger partial charge is 0.339 e. The number of aromatic carboxylic acids is 1. The van der Waals surface area contributed by atoms with Gasteiger partial charge in [-0.25, -0.2) is 23.2 Å². The first-order valence-electron chi connectivity index (χ1n) is 5.25. The summed E-state index contributed by atoms with van der Waals surface area (Å²) >= 11 is 5.91. The largest absolute Gasteiger partial charge is 0.495 e. The zero-order chi connectivity index (χ0) is 14.9. The Morgan fingerprint density at radius 2 is 2.20 bits per heavy atom. The van der Waals surface area contributed by atoms with Crippen LogP contribution in [0, 0.1) is 0 Å². The molecule has 0 unspecified atom stereocenters. The second kappa shape index (κ2) is 5.41. The third kappa shape index (κ3) is 2.42. The van der Waals surface area contributed by atoms with Crippen molar-refractivity contribution in [2.75, 3.05) is 7.11 Å². The molecule has 106 valence electrons. The second-order valence-electron chi connectivity index (χ2n) is 3.63. The number of ether oxygens (including phenoxy) is 1. The van der Waals surface area contributed by atoms with Gasteiger partial charge in [0, 0.05) is 0 Å². The van der Waals surface area contributed by atoms with Crippen molar-refractivity contribution in [3.8, 4) is 11.4 Å². The second-order valence-corrected chi connectivity index (χ2v) is 4.01. The Morgan fingerprint density at radius 1 is 1.50 bits per heavy atom. The lowest BCUT2D eigenvalue weighted by molar-refractivity contribution is 0.0696. The molecule has 0 aliphatic carbocycles. The van der Waals surface area contributed by atoms with Crippen LogP contribution in [0.25, 0.3) is 5.69 Å². The van der Waals surface area contributed by atoms with E-state index in [9.17, 15) is 18.7 Å². The molecule has 0 bridgehead atoms. The van der Waals surface area contributed by atoms with Crippen LogP contribution in [0.4, 0.5) is 8.78 Å². The zero-order valence-corrected chi connectivity index (χ0v) is 10.8. The minimum Gasteiger partial charge on any atom is -0.495 e. The molecule has 1 heterocycles. The molecular weight excluding hydrogens is 296 g/mol. The number of aromatic nitrogens is 3. The van der Waals surface area contributed by atoms with Crippen LogP contribution in [0.1, 0.15) is 22.6 Å². The molecule has 0 saturated heterocycles. The van der Waals surface area contributed by atoms with Gasteiger partial charge in [0.15, 0.2) is 0 Å². The maximum Gasteiger partial charge on any atom is 0.339 e. The van der Waals surface area contributed by atoms with Gasteiger partial charge in [-0.05, 0) is 12.1 Å². The minimum absolute atomic E-state index is 0.0164. The van der Waals surface area contributed by atoms with Crippen molar-refractivity contribution in [1.29, 1.82) is 0 Å². The fourth-order valence-corrected chi connectivity index (χ4v) is 1.91. The highest BCUT2D eigenvalue weighted by Gasteiger charge is 2.22. The van der Waals surface area contributed by atoms with Gasteiger partial charge in [0.1, 0.15) is 17.6 Å². The van der Waals surface area contributed by atoms with Gasteiger partial charge in [0.05, 0.1) is 17.8 Å². The number of carboxylic acid groups (broad SMARTS) is 1. The summed E-state index contributed by atoms with van der Waals surface area (Å²) in [6, 6.07) is 2.76. The van der Waals surface area contributed by atoms with Gasteiger partial charge < -0.3 is 9.84 Å². The molecule has 6 nitrogen and oxygen atoms in total. The lowest BCUT2D eigenvalue weighted by atomic mass is 10.1. The van der Waals surface area contributed by atoms with Crippen molar-refractivity contribution >= 4 is 17.6 Å². The minimum atomic E-state index is -2.85. The van der Waals surface area contributed by atoms with Crippen LogP contribution in [0.2, 0.25) is 5.02 Å². The number of hydrogen-bond donors (Lipinski definition) is 1. The number of alkyl halides is 2. The van der Waals surface area contributed by atoms with E-state index in [4.69, 9.17) is 16.3 Å². The highest BCUT2D eigenvalue weighted by atomic mass is 35.5. The average Bonchev–Trinajstić information content (AvgIpc) is 2.87. The molecule has 1 N–H and O–H groups in total. The summed E-state index contributed by atoms with van der Waals surface area (Å²) in [5, 5.41) is 12.6. The first-order chi connectivity index (χ1) is 9.45. The predicted octanol–water partition coefficient (Wildman–Crippen LogP) is 2.57. The summed E-state index contributed by atoms with van der Waals surface area (Å²) < 4.78 is 30.7. The summed E-state index contributed by atoms with van der Waals surface area (Å²) in [5.41, 5.74) is -0.292. The molecule has 1 aromatic carbocycles. The number of nitrogens with zero attached hydrogens (tertiary/aromatic N) is 3. The molecule has 0 atom stereocenters. The molecule has 20 heavy (non-hydrogen) atoms. The molecular formula is C11H8ClF2N3O3. The van der Waals surface area contributed by atoms with E-state index < -0.39 is 18.2 Å². The molecule has 9 heteroatoms. The average molecular weight is 304 g/mol. The fraction of sp³-hybridized carbons (Fsp3) is 0.182. The van der Waals surface area contributed by atoms with E-state index in [2.05, 4.69) is 10.1 Å². The van der Waals surface area contributed by atoms with Crippen LogP contribution in [0.3, 0.4) is 0 Å². The quantitative estimate of drug-likeness (QED) is 0.939. The number of benzene rings is 1. The topological polar surface area (TPSA) is 77.2 Å². The van der Waals surface area contributed by atoms with Crippen molar-refractivity contribution < 1.29 is 23.4 Å². The van der Waals surface area contributed by atoms with E-state index >= 15 is 0 Å². The highest BCUT2D eigenvalue weighted by Crippen LogP contribution is 2.32. The van der Waals surface area contributed by atoms with Crippen molar-refractivity contribution in [1.82, 2.24) is 14.8 Å². The monoisotopic (exact) mass is 303 g/mol. The number of carboxylic acids is 1. The van der Waals surface area contributed by atoms with Crippen molar-refractivity contribution in [2.45, 2.75) is 6.43 Å². The van der Waals surface area contributed by atoms with E-state index in [1.807, 2.05) is 0 Å². The van der Waals surface area contributed by atoms with E-state index in [1.54, 1.807) is 0 Å². The SMILES string of the molecule is COc1ccc(-n2cnc(C(F)F)n2)c(C(=O)O)c1Cl. The Hall–Kier alpha value is -2.22. The lowest BCUT2D eigenvalue weighted by Crippen LogP contribution is -2.08. The standard InChI is InChI=1S/C11H8ClF2N3O3/c1-20-6-3-2-5(7(8(6)12)11(18)19)17-4-15-10(16-17)9(13)14/h2-4,9H,1H3,(H,18,19).